The van der Waals surface area contributed by atoms with Gasteiger partial charge in [-0.3, -0.25) is 29.3 Å². The molecular formula is C18H19N7O6S3. The highest BCUT2D eigenvalue weighted by Crippen LogP contribution is 2.42. The van der Waals surface area contributed by atoms with Crippen LogP contribution in [0.4, 0.5) is 5.69 Å². The molecular weight excluding hydrogens is 506 g/mol. The lowest BCUT2D eigenvalue weighted by Gasteiger charge is -2.49. The molecule has 0 radical (unpaired) electrons. The molecule has 4 heterocycles. The van der Waals surface area contributed by atoms with Gasteiger partial charge in [0, 0.05) is 11.5 Å². The Morgan fingerprint density at radius 1 is 1.41 bits per heavy atom. The van der Waals surface area contributed by atoms with E-state index in [1.54, 1.807) is 0 Å². The first-order chi connectivity index (χ1) is 16.1. The minimum Gasteiger partial charge on any atom is -0.477 e. The van der Waals surface area contributed by atoms with Crippen molar-refractivity contribution in [3.63, 3.8) is 0 Å². The van der Waals surface area contributed by atoms with Crippen LogP contribution in [0.15, 0.2) is 21.8 Å². The molecule has 0 saturated carbocycles. The molecule has 2 aliphatic heterocycles. The Bertz CT molecular complexity index is 1220. The van der Waals surface area contributed by atoms with Crippen molar-refractivity contribution in [2.45, 2.75) is 42.6 Å². The van der Waals surface area contributed by atoms with E-state index in [0.29, 0.717) is 21.4 Å². The molecule has 180 valence electrons. The van der Waals surface area contributed by atoms with E-state index in [2.05, 4.69) is 20.6 Å². The Labute approximate surface area is 205 Å². The molecule has 13 nitrogen and oxygen atoms in total. The molecule has 0 aromatic carbocycles. The second-order valence-corrected chi connectivity index (χ2v) is 11.1. The number of aromatic nitrogens is 4. The number of β-lactam (4-membered cyclic amide) rings is 1. The maximum absolute atomic E-state index is 12.8. The Hall–Kier alpha value is -2.98. The molecule has 0 unspecified atom stereocenters. The summed E-state index contributed by atoms with van der Waals surface area (Å²) in [5.41, 5.74) is 0.485. The van der Waals surface area contributed by atoms with Crippen LogP contribution < -0.4 is 5.32 Å². The van der Waals surface area contributed by atoms with E-state index in [1.807, 2.05) is 6.92 Å². The van der Waals surface area contributed by atoms with Crippen LogP contribution in [-0.4, -0.2) is 75.6 Å². The summed E-state index contributed by atoms with van der Waals surface area (Å²) in [6.45, 7) is 4.80. The number of aryl methyl sites for hydroxylation is 2. The molecule has 0 aliphatic carbocycles. The lowest BCUT2D eigenvalue weighted by atomic mass is 10.0. The molecule has 2 aromatic rings. The summed E-state index contributed by atoms with van der Waals surface area (Å²) in [5, 5.41) is 35.7. The normalized spacial score (nSPS) is 20.6. The van der Waals surface area contributed by atoms with Gasteiger partial charge in [-0.25, -0.2) is 4.79 Å². The number of hydrogen-bond acceptors (Lipinski definition) is 11. The Kier molecular flexibility index (Phi) is 6.64. The SMILES string of the molecule is Cc1nnc(SCC2=C(C(=O)O)N3C(=O)[C@H](NC(=O)[C@@H](C)n4cc([N+](=O)[O-])c(C)n4)[C@H]3SC2)s1. The number of thioether (sulfide) groups is 2. The highest BCUT2D eigenvalue weighted by molar-refractivity contribution is 8.01. The van der Waals surface area contributed by atoms with Gasteiger partial charge in [0.05, 0.1) is 4.92 Å². The fraction of sp³-hybridized carbons (Fsp3) is 0.444. The second-order valence-electron chi connectivity index (χ2n) is 7.54. The van der Waals surface area contributed by atoms with Gasteiger partial charge in [-0.15, -0.1) is 22.0 Å². The number of nitrogens with one attached hydrogen (secondary N) is 1. The van der Waals surface area contributed by atoms with Crippen LogP contribution >= 0.6 is 34.9 Å². The maximum Gasteiger partial charge on any atom is 0.352 e. The van der Waals surface area contributed by atoms with Crippen molar-refractivity contribution in [1.82, 2.24) is 30.2 Å². The van der Waals surface area contributed by atoms with E-state index in [0.717, 1.165) is 5.01 Å². The molecule has 2 aromatic heterocycles. The molecule has 1 fully saturated rings. The van der Waals surface area contributed by atoms with Crippen LogP contribution in [0.1, 0.15) is 23.7 Å². The lowest BCUT2D eigenvalue weighted by Crippen LogP contribution is -2.71. The van der Waals surface area contributed by atoms with Gasteiger partial charge in [0.25, 0.3) is 5.91 Å². The highest BCUT2D eigenvalue weighted by Gasteiger charge is 2.54. The van der Waals surface area contributed by atoms with Gasteiger partial charge in [0.2, 0.25) is 5.91 Å². The third kappa shape index (κ3) is 4.39. The van der Waals surface area contributed by atoms with Gasteiger partial charge >= 0.3 is 11.7 Å². The number of rotatable bonds is 8. The summed E-state index contributed by atoms with van der Waals surface area (Å²) in [7, 11) is 0. The first-order valence-electron chi connectivity index (χ1n) is 9.92. The number of nitrogens with zero attached hydrogens (tertiary/aromatic N) is 6. The van der Waals surface area contributed by atoms with E-state index < -0.39 is 40.2 Å². The largest absolute Gasteiger partial charge is 0.477 e. The zero-order valence-corrected chi connectivity index (χ0v) is 20.6. The average Bonchev–Trinajstić information content (AvgIpc) is 3.39. The minimum absolute atomic E-state index is 0.0700. The predicted molar refractivity (Wildman–Crippen MR) is 123 cm³/mol. The summed E-state index contributed by atoms with van der Waals surface area (Å²) in [5.74, 6) is -1.55. The van der Waals surface area contributed by atoms with E-state index in [-0.39, 0.29) is 17.1 Å². The number of hydrogen-bond donors (Lipinski definition) is 2. The van der Waals surface area contributed by atoms with Gasteiger partial charge in [0.15, 0.2) is 4.34 Å². The first kappa shape index (κ1) is 24.2. The quantitative estimate of drug-likeness (QED) is 0.220. The van der Waals surface area contributed by atoms with Crippen LogP contribution in [-0.2, 0) is 14.4 Å². The van der Waals surface area contributed by atoms with Gasteiger partial charge in [-0.05, 0) is 26.3 Å². The zero-order valence-electron chi connectivity index (χ0n) is 18.1. The lowest BCUT2D eigenvalue weighted by molar-refractivity contribution is -0.385. The van der Waals surface area contributed by atoms with Crippen molar-refractivity contribution in [2.24, 2.45) is 0 Å². The zero-order chi connectivity index (χ0) is 24.7. The number of amides is 2. The van der Waals surface area contributed by atoms with Gasteiger partial charge in [0.1, 0.15) is 40.1 Å². The van der Waals surface area contributed by atoms with E-state index in [1.165, 1.54) is 64.5 Å². The average molecular weight is 526 g/mol. The van der Waals surface area contributed by atoms with Crippen LogP contribution in [0.5, 0.6) is 0 Å². The number of aliphatic carboxylic acids is 1. The molecule has 0 spiro atoms. The van der Waals surface area contributed by atoms with Crippen molar-refractivity contribution >= 4 is 58.3 Å². The van der Waals surface area contributed by atoms with Crippen LogP contribution in [0.3, 0.4) is 0 Å². The second kappa shape index (κ2) is 9.34. The van der Waals surface area contributed by atoms with E-state index in [9.17, 15) is 29.6 Å². The molecule has 0 bridgehead atoms. The summed E-state index contributed by atoms with van der Waals surface area (Å²) >= 11 is 4.13. The van der Waals surface area contributed by atoms with Crippen LogP contribution in [0, 0.1) is 24.0 Å². The molecule has 3 atom stereocenters. The highest BCUT2D eigenvalue weighted by atomic mass is 32.2. The first-order valence-corrected chi connectivity index (χ1v) is 12.8. The molecule has 2 aliphatic rings. The van der Waals surface area contributed by atoms with Crippen LogP contribution in [0.25, 0.3) is 0 Å². The number of carbonyl (C=O) groups excluding carboxylic acids is 2. The van der Waals surface area contributed by atoms with Crippen LogP contribution in [0.2, 0.25) is 0 Å². The Morgan fingerprint density at radius 2 is 2.15 bits per heavy atom. The van der Waals surface area contributed by atoms with Crippen molar-refractivity contribution in [3.8, 4) is 0 Å². The number of fused-ring (bicyclic) bond motifs is 1. The molecule has 4 rings (SSSR count). The minimum atomic E-state index is -1.21. The van der Waals surface area contributed by atoms with Gasteiger partial charge in [-0.2, -0.15) is 5.10 Å². The molecule has 2 N–H and O–H groups in total. The number of carboxylic acid groups (broad SMARTS) is 1. The van der Waals surface area contributed by atoms with Gasteiger partial charge < -0.3 is 10.4 Å². The molecule has 34 heavy (non-hydrogen) atoms. The number of carboxylic acids is 1. The summed E-state index contributed by atoms with van der Waals surface area (Å²) in [4.78, 5) is 49.2. The fourth-order valence-corrected chi connectivity index (χ4v) is 6.82. The summed E-state index contributed by atoms with van der Waals surface area (Å²) < 4.78 is 1.88. The van der Waals surface area contributed by atoms with Crippen molar-refractivity contribution < 1.29 is 24.4 Å². The standard InChI is InChI=1S/C18H19N7O6S3/c1-7-11(25(30)31)4-23(22-7)8(2)14(26)19-12-15(27)24-13(17(28)29)10(5-32-16(12)24)6-33-18-21-20-9(3)34-18/h4,8,12,16H,5-6H2,1-3H3,(H,19,26)(H,28,29)/t8-,12+,16-/m1/s1. The summed E-state index contributed by atoms with van der Waals surface area (Å²) in [6, 6.07) is -1.80. The van der Waals surface area contributed by atoms with E-state index in [4.69, 9.17) is 0 Å². The number of carbonyl (C=O) groups is 3. The Balaban J connectivity index is 1.45. The molecule has 1 saturated heterocycles. The molecule has 2 amide bonds. The van der Waals surface area contributed by atoms with E-state index >= 15 is 0 Å². The smallest absolute Gasteiger partial charge is 0.352 e. The maximum atomic E-state index is 12.8. The molecule has 16 heteroatoms. The van der Waals surface area contributed by atoms with Crippen molar-refractivity contribution in [1.29, 1.82) is 0 Å². The Morgan fingerprint density at radius 3 is 2.74 bits per heavy atom. The predicted octanol–water partition coefficient (Wildman–Crippen LogP) is 1.35. The number of nitro groups is 1. The van der Waals surface area contributed by atoms with Crippen molar-refractivity contribution in [2.75, 3.05) is 11.5 Å². The van der Waals surface area contributed by atoms with Crippen molar-refractivity contribution in [3.05, 3.63) is 38.3 Å². The summed E-state index contributed by atoms with van der Waals surface area (Å²) in [6.07, 6.45) is 1.17. The monoisotopic (exact) mass is 525 g/mol. The third-order valence-corrected chi connectivity index (χ3v) is 8.69. The third-order valence-electron chi connectivity index (χ3n) is 5.29. The van der Waals surface area contributed by atoms with Gasteiger partial charge in [-0.1, -0.05) is 23.1 Å². The fourth-order valence-electron chi connectivity index (χ4n) is 3.52. The topological polar surface area (TPSA) is 173 Å².